The van der Waals surface area contributed by atoms with E-state index in [0.29, 0.717) is 16.8 Å². The van der Waals surface area contributed by atoms with Gasteiger partial charge < -0.3 is 10.8 Å². The Morgan fingerprint density at radius 2 is 1.44 bits per heavy atom. The highest BCUT2D eigenvalue weighted by molar-refractivity contribution is 5.80. The highest BCUT2D eigenvalue weighted by atomic mass is 19.1. The van der Waals surface area contributed by atoms with Crippen LogP contribution in [0.25, 0.3) is 0 Å². The van der Waals surface area contributed by atoms with Crippen LogP contribution in [0.5, 0.6) is 0 Å². The summed E-state index contributed by atoms with van der Waals surface area (Å²) in [4.78, 5) is 11.3. The predicted octanol–water partition coefficient (Wildman–Crippen LogP) is 2.62. The van der Waals surface area contributed by atoms with Crippen LogP contribution in [0.2, 0.25) is 0 Å². The SMILES string of the molecule is Nc1ccc(C(C(=O)O)c2ccc(F)cc2)cc1. The van der Waals surface area contributed by atoms with Gasteiger partial charge in [-0.3, -0.25) is 4.79 Å². The number of nitrogens with two attached hydrogens (primary N) is 1. The molecule has 2 rings (SSSR count). The van der Waals surface area contributed by atoms with Crippen molar-refractivity contribution < 1.29 is 14.3 Å². The lowest BCUT2D eigenvalue weighted by molar-refractivity contribution is -0.137. The fourth-order valence-electron chi connectivity index (χ4n) is 1.82. The molecule has 2 aromatic carbocycles. The van der Waals surface area contributed by atoms with Crippen LogP contribution >= 0.6 is 0 Å². The number of carboxylic acids is 1. The van der Waals surface area contributed by atoms with Gasteiger partial charge in [0, 0.05) is 5.69 Å². The molecule has 18 heavy (non-hydrogen) atoms. The third kappa shape index (κ3) is 2.48. The van der Waals surface area contributed by atoms with E-state index in [1.807, 2.05) is 0 Å². The molecular weight excluding hydrogens is 233 g/mol. The van der Waals surface area contributed by atoms with Gasteiger partial charge in [-0.15, -0.1) is 0 Å². The molecule has 0 aromatic heterocycles. The minimum absolute atomic E-state index is 0.389. The molecule has 3 N–H and O–H groups in total. The van der Waals surface area contributed by atoms with Gasteiger partial charge in [-0.05, 0) is 35.4 Å². The van der Waals surface area contributed by atoms with Crippen LogP contribution < -0.4 is 5.73 Å². The number of hydrogen-bond donors (Lipinski definition) is 2. The summed E-state index contributed by atoms with van der Waals surface area (Å²) >= 11 is 0. The Bertz CT molecular complexity index is 504. The van der Waals surface area contributed by atoms with Crippen molar-refractivity contribution in [1.82, 2.24) is 0 Å². The predicted molar refractivity (Wildman–Crippen MR) is 66.7 cm³/mol. The molecule has 1 unspecified atom stereocenters. The van der Waals surface area contributed by atoms with Gasteiger partial charge in [0.25, 0.3) is 0 Å². The first kappa shape index (κ1) is 12.1. The first-order valence-corrected chi connectivity index (χ1v) is 5.41. The summed E-state index contributed by atoms with van der Waals surface area (Å²) in [7, 11) is 0. The van der Waals surface area contributed by atoms with E-state index in [4.69, 9.17) is 5.73 Å². The largest absolute Gasteiger partial charge is 0.481 e. The molecule has 0 heterocycles. The summed E-state index contributed by atoms with van der Waals surface area (Å²) in [6.07, 6.45) is 0. The van der Waals surface area contributed by atoms with Crippen molar-refractivity contribution in [3.63, 3.8) is 0 Å². The number of carboxylic acid groups (broad SMARTS) is 1. The molecule has 0 radical (unpaired) electrons. The summed E-state index contributed by atoms with van der Waals surface area (Å²) in [6.45, 7) is 0. The first-order chi connectivity index (χ1) is 8.58. The number of carbonyl (C=O) groups is 1. The van der Waals surface area contributed by atoms with Crippen molar-refractivity contribution in [2.45, 2.75) is 5.92 Å². The van der Waals surface area contributed by atoms with Gasteiger partial charge in [0.05, 0.1) is 0 Å². The molecule has 0 amide bonds. The molecule has 2 aromatic rings. The maximum absolute atomic E-state index is 12.8. The Kier molecular flexibility index (Phi) is 3.28. The molecule has 0 fully saturated rings. The third-order valence-corrected chi connectivity index (χ3v) is 2.72. The number of nitrogen functional groups attached to an aromatic ring is 1. The maximum Gasteiger partial charge on any atom is 0.315 e. The normalized spacial score (nSPS) is 12.1. The quantitative estimate of drug-likeness (QED) is 0.817. The smallest absolute Gasteiger partial charge is 0.315 e. The molecule has 0 spiro atoms. The topological polar surface area (TPSA) is 63.3 Å². The summed E-state index contributed by atoms with van der Waals surface area (Å²) in [5, 5.41) is 9.29. The molecule has 92 valence electrons. The van der Waals surface area contributed by atoms with Crippen LogP contribution in [-0.2, 0) is 4.79 Å². The van der Waals surface area contributed by atoms with Gasteiger partial charge in [-0.1, -0.05) is 24.3 Å². The molecule has 0 bridgehead atoms. The summed E-state index contributed by atoms with van der Waals surface area (Å²) in [5.41, 5.74) is 7.29. The average Bonchev–Trinajstić information content (AvgIpc) is 2.34. The van der Waals surface area contributed by atoms with Crippen LogP contribution in [0.15, 0.2) is 48.5 Å². The first-order valence-electron chi connectivity index (χ1n) is 5.41. The second-order valence-electron chi connectivity index (χ2n) is 3.99. The minimum atomic E-state index is -0.980. The number of anilines is 1. The zero-order valence-electron chi connectivity index (χ0n) is 9.51. The van der Waals surface area contributed by atoms with Gasteiger partial charge in [-0.2, -0.15) is 0 Å². The van der Waals surface area contributed by atoms with E-state index < -0.39 is 11.9 Å². The lowest BCUT2D eigenvalue weighted by atomic mass is 9.91. The second-order valence-corrected chi connectivity index (χ2v) is 3.99. The zero-order valence-corrected chi connectivity index (χ0v) is 9.51. The van der Waals surface area contributed by atoms with E-state index in [-0.39, 0.29) is 5.82 Å². The monoisotopic (exact) mass is 245 g/mol. The number of hydrogen-bond acceptors (Lipinski definition) is 2. The fourth-order valence-corrected chi connectivity index (χ4v) is 1.82. The van der Waals surface area contributed by atoms with Crippen molar-refractivity contribution in [2.24, 2.45) is 0 Å². The highest BCUT2D eigenvalue weighted by Gasteiger charge is 2.21. The minimum Gasteiger partial charge on any atom is -0.481 e. The number of halogens is 1. The Balaban J connectivity index is 2.43. The van der Waals surface area contributed by atoms with Gasteiger partial charge in [0.1, 0.15) is 11.7 Å². The van der Waals surface area contributed by atoms with Crippen LogP contribution in [-0.4, -0.2) is 11.1 Å². The number of aliphatic carboxylic acids is 1. The fraction of sp³-hybridized carbons (Fsp3) is 0.0714. The Hall–Kier alpha value is -2.36. The van der Waals surface area contributed by atoms with E-state index in [0.717, 1.165) is 0 Å². The molecule has 0 aliphatic heterocycles. The maximum atomic E-state index is 12.8. The Morgan fingerprint density at radius 3 is 1.89 bits per heavy atom. The molecule has 0 saturated carbocycles. The second kappa shape index (κ2) is 4.87. The van der Waals surface area contributed by atoms with Gasteiger partial charge in [-0.25, -0.2) is 4.39 Å². The van der Waals surface area contributed by atoms with Gasteiger partial charge >= 0.3 is 5.97 Å². The van der Waals surface area contributed by atoms with Gasteiger partial charge in [0.2, 0.25) is 0 Å². The van der Waals surface area contributed by atoms with Crippen molar-refractivity contribution in [2.75, 3.05) is 5.73 Å². The molecule has 1 atom stereocenters. The van der Waals surface area contributed by atoms with E-state index in [2.05, 4.69) is 0 Å². The summed E-state index contributed by atoms with van der Waals surface area (Å²) < 4.78 is 12.8. The van der Waals surface area contributed by atoms with Crippen LogP contribution in [0, 0.1) is 5.82 Å². The van der Waals surface area contributed by atoms with Crippen LogP contribution in [0.4, 0.5) is 10.1 Å². The third-order valence-electron chi connectivity index (χ3n) is 2.72. The molecule has 0 aliphatic carbocycles. The lowest BCUT2D eigenvalue weighted by Crippen LogP contribution is -2.13. The van der Waals surface area contributed by atoms with Gasteiger partial charge in [0.15, 0.2) is 0 Å². The van der Waals surface area contributed by atoms with Crippen LogP contribution in [0.3, 0.4) is 0 Å². The van der Waals surface area contributed by atoms with E-state index in [9.17, 15) is 14.3 Å². The number of rotatable bonds is 3. The average molecular weight is 245 g/mol. The van der Waals surface area contributed by atoms with Crippen LogP contribution in [0.1, 0.15) is 17.0 Å². The van der Waals surface area contributed by atoms with E-state index in [1.165, 1.54) is 24.3 Å². The highest BCUT2D eigenvalue weighted by Crippen LogP contribution is 2.25. The Labute approximate surface area is 104 Å². The van der Waals surface area contributed by atoms with Crippen molar-refractivity contribution in [1.29, 1.82) is 0 Å². The molecule has 3 nitrogen and oxygen atoms in total. The summed E-state index contributed by atoms with van der Waals surface area (Å²) in [5.74, 6) is -2.18. The molecule has 4 heteroatoms. The van der Waals surface area contributed by atoms with Crippen molar-refractivity contribution in [3.05, 3.63) is 65.5 Å². The molecule has 0 aliphatic rings. The Morgan fingerprint density at radius 1 is 1.00 bits per heavy atom. The van der Waals surface area contributed by atoms with E-state index >= 15 is 0 Å². The number of benzene rings is 2. The standard InChI is InChI=1S/C14H12FNO2/c15-11-5-1-9(2-6-11)13(14(17)18)10-3-7-12(16)8-4-10/h1-8,13H,16H2,(H,17,18). The van der Waals surface area contributed by atoms with E-state index in [1.54, 1.807) is 24.3 Å². The molecule has 0 saturated heterocycles. The zero-order chi connectivity index (χ0) is 13.1. The van der Waals surface area contributed by atoms with Crippen molar-refractivity contribution >= 4 is 11.7 Å². The van der Waals surface area contributed by atoms with Crippen molar-refractivity contribution in [3.8, 4) is 0 Å². The molecular formula is C14H12FNO2. The lowest BCUT2D eigenvalue weighted by Gasteiger charge is -2.13. The summed E-state index contributed by atoms with van der Waals surface area (Å²) in [6, 6.07) is 12.1.